The Bertz CT molecular complexity index is 617. The first-order chi connectivity index (χ1) is 10.2. The Kier molecular flexibility index (Phi) is 3.97. The normalized spacial score (nSPS) is 15.3. The molecule has 1 N–H and O–H groups in total. The molecule has 4 nitrogen and oxygen atoms in total. The van der Waals surface area contributed by atoms with Crippen molar-refractivity contribution in [3.63, 3.8) is 0 Å². The highest BCUT2D eigenvalue weighted by atomic mass is 15.3. The van der Waals surface area contributed by atoms with E-state index >= 15 is 0 Å². The van der Waals surface area contributed by atoms with Crippen LogP contribution >= 0.6 is 0 Å². The van der Waals surface area contributed by atoms with Gasteiger partial charge in [0.1, 0.15) is 0 Å². The second-order valence-electron chi connectivity index (χ2n) is 5.77. The van der Waals surface area contributed by atoms with Crippen LogP contribution in [0.15, 0.2) is 30.6 Å². The van der Waals surface area contributed by atoms with Crippen molar-refractivity contribution in [1.29, 1.82) is 0 Å². The molecule has 0 amide bonds. The predicted molar refractivity (Wildman–Crippen MR) is 86.6 cm³/mol. The van der Waals surface area contributed by atoms with Crippen LogP contribution in [-0.4, -0.2) is 23.4 Å². The maximum absolute atomic E-state index is 4.36. The topological polar surface area (TPSA) is 33.1 Å². The number of aromatic nitrogens is 2. The fourth-order valence-corrected chi connectivity index (χ4v) is 2.97. The van der Waals surface area contributed by atoms with Gasteiger partial charge in [0.05, 0.1) is 6.20 Å². The van der Waals surface area contributed by atoms with E-state index in [-0.39, 0.29) is 0 Å². The Morgan fingerprint density at radius 1 is 1.38 bits per heavy atom. The summed E-state index contributed by atoms with van der Waals surface area (Å²) in [5, 5.41) is 7.67. The van der Waals surface area contributed by atoms with Gasteiger partial charge in [-0.2, -0.15) is 5.10 Å². The fourth-order valence-electron chi connectivity index (χ4n) is 2.97. The number of hydrogen-bond acceptors (Lipinski definition) is 3. The van der Waals surface area contributed by atoms with Crippen LogP contribution in [0.3, 0.4) is 0 Å². The SMILES string of the molecule is CCn1cc(CN2CCc3cc(C(C)NC)ccc32)cn1. The molecule has 0 saturated carbocycles. The molecule has 1 aromatic heterocycles. The standard InChI is InChI=1S/C17H24N4/c1-4-21-12-14(10-19-21)11-20-8-7-16-9-15(13(2)18-3)5-6-17(16)20/h5-6,9-10,12-13,18H,4,7-8,11H2,1-3H3. The lowest BCUT2D eigenvalue weighted by Gasteiger charge is -2.19. The molecule has 0 spiro atoms. The first kappa shape index (κ1) is 14.1. The van der Waals surface area contributed by atoms with E-state index in [1.165, 1.54) is 22.4 Å². The van der Waals surface area contributed by atoms with E-state index in [4.69, 9.17) is 0 Å². The Morgan fingerprint density at radius 2 is 2.24 bits per heavy atom. The summed E-state index contributed by atoms with van der Waals surface area (Å²) in [4.78, 5) is 2.46. The third-order valence-corrected chi connectivity index (χ3v) is 4.41. The van der Waals surface area contributed by atoms with Crippen molar-refractivity contribution in [3.05, 3.63) is 47.3 Å². The smallest absolute Gasteiger partial charge is 0.0539 e. The van der Waals surface area contributed by atoms with Gasteiger partial charge in [0.2, 0.25) is 0 Å². The van der Waals surface area contributed by atoms with E-state index in [2.05, 4.69) is 53.6 Å². The van der Waals surface area contributed by atoms with Gasteiger partial charge in [-0.3, -0.25) is 4.68 Å². The van der Waals surface area contributed by atoms with Crippen LogP contribution in [-0.2, 0) is 19.5 Å². The number of fused-ring (bicyclic) bond motifs is 1. The minimum absolute atomic E-state index is 0.409. The average molecular weight is 284 g/mol. The second kappa shape index (κ2) is 5.90. The lowest BCUT2D eigenvalue weighted by Crippen LogP contribution is -2.19. The van der Waals surface area contributed by atoms with Gasteiger partial charge in [-0.05, 0) is 44.5 Å². The fraction of sp³-hybridized carbons (Fsp3) is 0.471. The van der Waals surface area contributed by atoms with Gasteiger partial charge in [0.25, 0.3) is 0 Å². The van der Waals surface area contributed by atoms with Crippen molar-refractivity contribution in [3.8, 4) is 0 Å². The largest absolute Gasteiger partial charge is 0.367 e. The van der Waals surface area contributed by atoms with Crippen molar-refractivity contribution < 1.29 is 0 Å². The number of hydrogen-bond donors (Lipinski definition) is 1. The molecule has 0 bridgehead atoms. The van der Waals surface area contributed by atoms with E-state index in [0.717, 1.165) is 26.1 Å². The lowest BCUT2D eigenvalue weighted by atomic mass is 10.0. The molecule has 1 aromatic carbocycles. The number of nitrogens with one attached hydrogen (secondary N) is 1. The summed E-state index contributed by atoms with van der Waals surface area (Å²) >= 11 is 0. The van der Waals surface area contributed by atoms with E-state index in [9.17, 15) is 0 Å². The maximum atomic E-state index is 4.36. The molecule has 1 aliphatic heterocycles. The highest BCUT2D eigenvalue weighted by molar-refractivity contribution is 5.59. The van der Waals surface area contributed by atoms with Gasteiger partial charge < -0.3 is 10.2 Å². The van der Waals surface area contributed by atoms with Gasteiger partial charge in [0, 0.05) is 43.1 Å². The Labute approximate surface area is 126 Å². The number of aryl methyl sites for hydroxylation is 1. The van der Waals surface area contributed by atoms with Crippen molar-refractivity contribution in [1.82, 2.24) is 15.1 Å². The van der Waals surface area contributed by atoms with Gasteiger partial charge in [-0.15, -0.1) is 0 Å². The molecular weight excluding hydrogens is 260 g/mol. The Balaban J connectivity index is 1.77. The molecule has 21 heavy (non-hydrogen) atoms. The van der Waals surface area contributed by atoms with Crippen molar-refractivity contribution in [2.45, 2.75) is 39.4 Å². The highest BCUT2D eigenvalue weighted by Gasteiger charge is 2.20. The molecule has 0 aliphatic carbocycles. The number of anilines is 1. The van der Waals surface area contributed by atoms with Crippen LogP contribution in [0.2, 0.25) is 0 Å². The zero-order valence-corrected chi connectivity index (χ0v) is 13.1. The molecule has 112 valence electrons. The molecule has 0 fully saturated rings. The zero-order chi connectivity index (χ0) is 14.8. The quantitative estimate of drug-likeness (QED) is 0.916. The molecule has 4 heteroatoms. The first-order valence-corrected chi connectivity index (χ1v) is 7.77. The molecule has 3 rings (SSSR count). The van der Waals surface area contributed by atoms with E-state index < -0.39 is 0 Å². The molecule has 2 heterocycles. The van der Waals surface area contributed by atoms with Crippen molar-refractivity contribution in [2.24, 2.45) is 0 Å². The van der Waals surface area contributed by atoms with Crippen LogP contribution in [0.4, 0.5) is 5.69 Å². The molecule has 1 atom stereocenters. The van der Waals surface area contributed by atoms with Crippen LogP contribution in [0.25, 0.3) is 0 Å². The van der Waals surface area contributed by atoms with Gasteiger partial charge in [-0.25, -0.2) is 0 Å². The summed E-state index contributed by atoms with van der Waals surface area (Å²) in [6, 6.07) is 7.28. The summed E-state index contributed by atoms with van der Waals surface area (Å²) in [7, 11) is 2.01. The van der Waals surface area contributed by atoms with Crippen LogP contribution in [0.5, 0.6) is 0 Å². The summed E-state index contributed by atoms with van der Waals surface area (Å²) in [6.45, 7) is 7.31. The lowest BCUT2D eigenvalue weighted by molar-refractivity contribution is 0.652. The van der Waals surface area contributed by atoms with Gasteiger partial charge in [0.15, 0.2) is 0 Å². The summed E-state index contributed by atoms with van der Waals surface area (Å²) in [5.74, 6) is 0. The molecule has 0 radical (unpaired) electrons. The highest BCUT2D eigenvalue weighted by Crippen LogP contribution is 2.31. The second-order valence-corrected chi connectivity index (χ2v) is 5.77. The molecular formula is C17H24N4. The van der Waals surface area contributed by atoms with Crippen LogP contribution < -0.4 is 10.2 Å². The third kappa shape index (κ3) is 2.81. The monoisotopic (exact) mass is 284 g/mol. The minimum Gasteiger partial charge on any atom is -0.367 e. The van der Waals surface area contributed by atoms with Crippen molar-refractivity contribution >= 4 is 5.69 Å². The number of benzene rings is 1. The maximum Gasteiger partial charge on any atom is 0.0539 e. The van der Waals surface area contributed by atoms with Crippen molar-refractivity contribution in [2.75, 3.05) is 18.5 Å². The molecule has 1 aliphatic rings. The van der Waals surface area contributed by atoms with E-state index in [0.29, 0.717) is 6.04 Å². The minimum atomic E-state index is 0.409. The summed E-state index contributed by atoms with van der Waals surface area (Å²) in [6.07, 6.45) is 5.27. The molecule has 1 unspecified atom stereocenters. The third-order valence-electron chi connectivity index (χ3n) is 4.41. The summed E-state index contributed by atoms with van der Waals surface area (Å²) < 4.78 is 1.99. The van der Waals surface area contributed by atoms with Crippen LogP contribution in [0, 0.1) is 0 Å². The van der Waals surface area contributed by atoms with E-state index in [1.54, 1.807) is 0 Å². The first-order valence-electron chi connectivity index (χ1n) is 7.77. The van der Waals surface area contributed by atoms with Gasteiger partial charge >= 0.3 is 0 Å². The average Bonchev–Trinajstić information content (AvgIpc) is 3.13. The number of nitrogens with zero attached hydrogens (tertiary/aromatic N) is 3. The van der Waals surface area contributed by atoms with E-state index in [1.807, 2.05) is 17.9 Å². The van der Waals surface area contributed by atoms with Gasteiger partial charge in [-0.1, -0.05) is 12.1 Å². The Hall–Kier alpha value is -1.81. The van der Waals surface area contributed by atoms with Crippen LogP contribution in [0.1, 0.15) is 36.6 Å². The summed E-state index contributed by atoms with van der Waals surface area (Å²) in [5.41, 5.74) is 5.51. The zero-order valence-electron chi connectivity index (χ0n) is 13.1. The molecule has 0 saturated heterocycles. The Morgan fingerprint density at radius 3 is 2.95 bits per heavy atom. The number of rotatable bonds is 5. The molecule has 2 aromatic rings. The predicted octanol–water partition coefficient (Wildman–Crippen LogP) is 2.75.